The van der Waals surface area contributed by atoms with Crippen LogP contribution in [0, 0.1) is 0 Å². The van der Waals surface area contributed by atoms with Gasteiger partial charge in [0, 0.05) is 50.7 Å². The molecule has 3 rings (SSSR count). The Hall–Kier alpha value is -1.95. The van der Waals surface area contributed by atoms with E-state index in [0.29, 0.717) is 6.04 Å². The number of piperidine rings is 1. The van der Waals surface area contributed by atoms with Crippen molar-refractivity contribution in [2.24, 2.45) is 7.05 Å². The number of aryl methyl sites for hydroxylation is 1. The summed E-state index contributed by atoms with van der Waals surface area (Å²) in [6.45, 7) is 3.20. The van der Waals surface area contributed by atoms with E-state index in [1.165, 1.54) is 5.56 Å². The highest BCUT2D eigenvalue weighted by Gasteiger charge is 2.19. The van der Waals surface area contributed by atoms with Gasteiger partial charge in [0.05, 0.1) is 6.20 Å². The van der Waals surface area contributed by atoms with Crippen LogP contribution < -0.4 is 5.32 Å². The number of hydrogen-bond donors (Lipinski definition) is 1. The third-order valence-corrected chi connectivity index (χ3v) is 3.68. The monoisotopic (exact) mass is 272 g/mol. The second-order valence-corrected chi connectivity index (χ2v) is 5.33. The minimum atomic E-state index is 0.497. The van der Waals surface area contributed by atoms with Gasteiger partial charge >= 0.3 is 0 Å². The molecule has 1 aliphatic rings. The van der Waals surface area contributed by atoms with Gasteiger partial charge in [-0.15, -0.1) is 5.10 Å². The van der Waals surface area contributed by atoms with Crippen LogP contribution >= 0.6 is 0 Å². The lowest BCUT2D eigenvalue weighted by Gasteiger charge is -2.32. The maximum Gasteiger partial charge on any atom is 0.148 e. The van der Waals surface area contributed by atoms with Crippen LogP contribution in [0.4, 0.5) is 5.82 Å². The molecule has 2 aromatic heterocycles. The number of hydrogen-bond acceptors (Lipinski definition) is 5. The zero-order valence-corrected chi connectivity index (χ0v) is 11.7. The molecule has 1 saturated heterocycles. The molecule has 2 aromatic rings. The first kappa shape index (κ1) is 13.1. The van der Waals surface area contributed by atoms with Gasteiger partial charge in [0.2, 0.25) is 0 Å². The Morgan fingerprint density at radius 2 is 2.20 bits per heavy atom. The normalized spacial score (nSPS) is 17.2. The lowest BCUT2D eigenvalue weighted by Crippen LogP contribution is -2.38. The van der Waals surface area contributed by atoms with Gasteiger partial charge in [-0.05, 0) is 25.0 Å². The topological polar surface area (TPSA) is 58.9 Å². The summed E-state index contributed by atoms with van der Waals surface area (Å²) in [6.07, 6.45) is 8.00. The molecule has 0 radical (unpaired) electrons. The summed E-state index contributed by atoms with van der Waals surface area (Å²) in [6, 6.07) is 4.37. The van der Waals surface area contributed by atoms with Crippen LogP contribution in [-0.4, -0.2) is 44.0 Å². The summed E-state index contributed by atoms with van der Waals surface area (Å²) in [5, 5.41) is 15.6. The quantitative estimate of drug-likeness (QED) is 0.908. The first-order chi connectivity index (χ1) is 9.79. The molecular formula is C14H20N6. The van der Waals surface area contributed by atoms with Gasteiger partial charge in [-0.3, -0.25) is 9.58 Å². The summed E-state index contributed by atoms with van der Waals surface area (Å²) in [4.78, 5) is 2.48. The van der Waals surface area contributed by atoms with Gasteiger partial charge in [0.1, 0.15) is 5.82 Å². The minimum Gasteiger partial charge on any atom is -0.366 e. The van der Waals surface area contributed by atoms with Crippen molar-refractivity contribution in [1.82, 2.24) is 24.9 Å². The molecule has 20 heavy (non-hydrogen) atoms. The average molecular weight is 272 g/mol. The van der Waals surface area contributed by atoms with Crippen LogP contribution in [0.5, 0.6) is 0 Å². The fourth-order valence-corrected chi connectivity index (χ4v) is 2.63. The van der Waals surface area contributed by atoms with Crippen molar-refractivity contribution in [3.8, 4) is 0 Å². The van der Waals surface area contributed by atoms with Crippen LogP contribution in [0.1, 0.15) is 18.4 Å². The highest BCUT2D eigenvalue weighted by atomic mass is 15.2. The molecule has 0 bridgehead atoms. The molecule has 0 spiro atoms. The van der Waals surface area contributed by atoms with E-state index in [0.717, 1.165) is 38.3 Å². The van der Waals surface area contributed by atoms with Crippen LogP contribution in [-0.2, 0) is 13.6 Å². The van der Waals surface area contributed by atoms with E-state index in [-0.39, 0.29) is 0 Å². The molecule has 3 heterocycles. The zero-order chi connectivity index (χ0) is 13.8. The fraction of sp³-hybridized carbons (Fsp3) is 0.500. The Bertz CT molecular complexity index is 530. The van der Waals surface area contributed by atoms with E-state index in [2.05, 4.69) is 31.7 Å². The molecule has 106 valence electrons. The Labute approximate surface area is 118 Å². The number of rotatable bonds is 4. The van der Waals surface area contributed by atoms with E-state index in [1.54, 1.807) is 6.20 Å². The number of nitrogens with one attached hydrogen (secondary N) is 1. The predicted molar refractivity (Wildman–Crippen MR) is 77.2 cm³/mol. The molecule has 6 nitrogen and oxygen atoms in total. The molecule has 6 heteroatoms. The smallest absolute Gasteiger partial charge is 0.148 e. The van der Waals surface area contributed by atoms with Crippen molar-refractivity contribution in [2.45, 2.75) is 25.4 Å². The van der Waals surface area contributed by atoms with Crippen LogP contribution in [0.3, 0.4) is 0 Å². The predicted octanol–water partition coefficient (Wildman–Crippen LogP) is 1.29. The molecule has 0 atom stereocenters. The maximum absolute atomic E-state index is 4.22. The van der Waals surface area contributed by atoms with E-state index >= 15 is 0 Å². The standard InChI is InChI=1S/C14H20N6/c1-19-10-12(9-16-19)11-20-7-4-13(5-8-20)17-14-3-2-6-15-18-14/h2-3,6,9-10,13H,4-5,7-8,11H2,1H3,(H,17,18). The largest absolute Gasteiger partial charge is 0.366 e. The zero-order valence-electron chi connectivity index (χ0n) is 11.7. The molecule has 0 aromatic carbocycles. The molecule has 0 aliphatic carbocycles. The summed E-state index contributed by atoms with van der Waals surface area (Å²) >= 11 is 0. The highest BCUT2D eigenvalue weighted by Crippen LogP contribution is 2.16. The fourth-order valence-electron chi connectivity index (χ4n) is 2.63. The van der Waals surface area contributed by atoms with E-state index in [4.69, 9.17) is 0 Å². The lowest BCUT2D eigenvalue weighted by molar-refractivity contribution is 0.211. The Balaban J connectivity index is 1.47. The second kappa shape index (κ2) is 6.00. The summed E-state index contributed by atoms with van der Waals surface area (Å²) < 4.78 is 1.86. The molecule has 1 N–H and O–H groups in total. The number of aromatic nitrogens is 4. The first-order valence-corrected chi connectivity index (χ1v) is 7.04. The van der Waals surface area contributed by atoms with Crippen LogP contribution in [0.2, 0.25) is 0 Å². The Kier molecular flexibility index (Phi) is 3.92. The summed E-state index contributed by atoms with van der Waals surface area (Å²) in [5.74, 6) is 0.873. The van der Waals surface area contributed by atoms with Gasteiger partial charge in [-0.2, -0.15) is 10.2 Å². The summed E-state index contributed by atoms with van der Waals surface area (Å²) in [5.41, 5.74) is 1.29. The van der Waals surface area contributed by atoms with Crippen molar-refractivity contribution < 1.29 is 0 Å². The second-order valence-electron chi connectivity index (χ2n) is 5.33. The van der Waals surface area contributed by atoms with Gasteiger partial charge in [0.15, 0.2) is 0 Å². The SMILES string of the molecule is Cn1cc(CN2CCC(Nc3cccnn3)CC2)cn1. The number of likely N-dealkylation sites (tertiary alicyclic amines) is 1. The Morgan fingerprint density at radius 3 is 2.85 bits per heavy atom. The van der Waals surface area contributed by atoms with Gasteiger partial charge in [-0.1, -0.05) is 0 Å². The maximum atomic E-state index is 4.22. The van der Waals surface area contributed by atoms with Crippen molar-refractivity contribution >= 4 is 5.82 Å². The van der Waals surface area contributed by atoms with E-state index < -0.39 is 0 Å². The first-order valence-electron chi connectivity index (χ1n) is 7.04. The molecule has 1 fully saturated rings. The van der Waals surface area contributed by atoms with Crippen LogP contribution in [0.15, 0.2) is 30.7 Å². The van der Waals surface area contributed by atoms with Crippen molar-refractivity contribution in [1.29, 1.82) is 0 Å². The molecular weight excluding hydrogens is 252 g/mol. The van der Waals surface area contributed by atoms with E-state index in [9.17, 15) is 0 Å². The van der Waals surface area contributed by atoms with Crippen molar-refractivity contribution in [2.75, 3.05) is 18.4 Å². The molecule has 0 amide bonds. The number of anilines is 1. The van der Waals surface area contributed by atoms with Crippen LogP contribution in [0.25, 0.3) is 0 Å². The Morgan fingerprint density at radius 1 is 1.35 bits per heavy atom. The van der Waals surface area contributed by atoms with Gasteiger partial charge < -0.3 is 5.32 Å². The molecule has 0 saturated carbocycles. The average Bonchev–Trinajstić information content (AvgIpc) is 2.88. The van der Waals surface area contributed by atoms with E-state index in [1.807, 2.05) is 30.1 Å². The minimum absolute atomic E-state index is 0.497. The summed E-state index contributed by atoms with van der Waals surface area (Å²) in [7, 11) is 1.96. The van der Waals surface area contributed by atoms with Crippen molar-refractivity contribution in [3.05, 3.63) is 36.3 Å². The highest BCUT2D eigenvalue weighted by molar-refractivity contribution is 5.33. The van der Waals surface area contributed by atoms with Crippen molar-refractivity contribution in [3.63, 3.8) is 0 Å². The van der Waals surface area contributed by atoms with Gasteiger partial charge in [0.25, 0.3) is 0 Å². The third kappa shape index (κ3) is 3.33. The molecule has 1 aliphatic heterocycles. The lowest BCUT2D eigenvalue weighted by atomic mass is 10.0. The molecule has 0 unspecified atom stereocenters. The van der Waals surface area contributed by atoms with Gasteiger partial charge in [-0.25, -0.2) is 0 Å². The third-order valence-electron chi connectivity index (χ3n) is 3.68. The number of nitrogens with zero attached hydrogens (tertiary/aromatic N) is 5.